The average Bonchev–Trinajstić information content (AvgIpc) is 2.41. The maximum absolute atomic E-state index is 12.4. The summed E-state index contributed by atoms with van der Waals surface area (Å²) in [5.41, 5.74) is 1.93. The molecule has 2 N–H and O–H groups in total. The van der Waals surface area contributed by atoms with Crippen molar-refractivity contribution in [2.45, 2.75) is 25.9 Å². The van der Waals surface area contributed by atoms with Gasteiger partial charge in [-0.05, 0) is 57.2 Å². The Morgan fingerprint density at radius 1 is 1.45 bits per heavy atom. The summed E-state index contributed by atoms with van der Waals surface area (Å²) in [6, 6.07) is 8.17. The van der Waals surface area contributed by atoms with Crippen molar-refractivity contribution in [3.8, 4) is 0 Å². The van der Waals surface area contributed by atoms with E-state index >= 15 is 0 Å². The second-order valence-electron chi connectivity index (χ2n) is 5.99. The maximum atomic E-state index is 12.4. The standard InChI is InChI=1S/C16H25N3O/c1-12-10-17-8-7-15(12)18-16(20)14-6-4-5-13(9-14)11-19(2)3/h4-6,9,12,15,17H,7-8,10-11H2,1-3H3,(H,18,20). The summed E-state index contributed by atoms with van der Waals surface area (Å²) in [6.45, 7) is 4.99. The van der Waals surface area contributed by atoms with E-state index in [9.17, 15) is 4.79 Å². The molecule has 1 aliphatic rings. The van der Waals surface area contributed by atoms with Crippen LogP contribution in [-0.4, -0.2) is 44.0 Å². The molecule has 4 heteroatoms. The van der Waals surface area contributed by atoms with Gasteiger partial charge >= 0.3 is 0 Å². The molecule has 2 rings (SSSR count). The topological polar surface area (TPSA) is 44.4 Å². The lowest BCUT2D eigenvalue weighted by Gasteiger charge is -2.30. The lowest BCUT2D eigenvalue weighted by atomic mass is 9.95. The minimum Gasteiger partial charge on any atom is -0.349 e. The van der Waals surface area contributed by atoms with Crippen molar-refractivity contribution in [2.75, 3.05) is 27.2 Å². The van der Waals surface area contributed by atoms with E-state index in [0.29, 0.717) is 5.92 Å². The Kier molecular flexibility index (Phi) is 5.15. The van der Waals surface area contributed by atoms with Crippen molar-refractivity contribution in [1.29, 1.82) is 0 Å². The smallest absolute Gasteiger partial charge is 0.251 e. The lowest BCUT2D eigenvalue weighted by molar-refractivity contribution is 0.0914. The van der Waals surface area contributed by atoms with Gasteiger partial charge in [-0.2, -0.15) is 0 Å². The monoisotopic (exact) mass is 275 g/mol. The van der Waals surface area contributed by atoms with Crippen LogP contribution in [0.15, 0.2) is 24.3 Å². The summed E-state index contributed by atoms with van der Waals surface area (Å²) in [6.07, 6.45) is 1.00. The number of benzene rings is 1. The molecule has 1 aliphatic heterocycles. The van der Waals surface area contributed by atoms with Crippen molar-refractivity contribution < 1.29 is 4.79 Å². The van der Waals surface area contributed by atoms with Crippen LogP contribution < -0.4 is 10.6 Å². The summed E-state index contributed by atoms with van der Waals surface area (Å²) < 4.78 is 0. The van der Waals surface area contributed by atoms with Crippen molar-refractivity contribution in [3.63, 3.8) is 0 Å². The van der Waals surface area contributed by atoms with Gasteiger partial charge in [-0.25, -0.2) is 0 Å². The first-order chi connectivity index (χ1) is 9.56. The molecule has 0 spiro atoms. The molecule has 1 amide bonds. The van der Waals surface area contributed by atoms with Gasteiger partial charge in [0.05, 0.1) is 0 Å². The number of hydrogen-bond acceptors (Lipinski definition) is 3. The molecule has 1 saturated heterocycles. The molecular weight excluding hydrogens is 250 g/mol. The predicted molar refractivity (Wildman–Crippen MR) is 81.7 cm³/mol. The third-order valence-corrected chi connectivity index (χ3v) is 3.79. The molecule has 1 fully saturated rings. The van der Waals surface area contributed by atoms with E-state index in [1.807, 2.05) is 32.3 Å². The number of hydrogen-bond donors (Lipinski definition) is 2. The van der Waals surface area contributed by atoms with Gasteiger partial charge in [-0.3, -0.25) is 4.79 Å². The first-order valence-corrected chi connectivity index (χ1v) is 7.31. The number of carbonyl (C=O) groups excluding carboxylic acids is 1. The highest BCUT2D eigenvalue weighted by Crippen LogP contribution is 2.12. The summed E-state index contributed by atoms with van der Waals surface area (Å²) in [7, 11) is 4.06. The average molecular weight is 275 g/mol. The molecule has 2 unspecified atom stereocenters. The number of nitrogens with one attached hydrogen (secondary N) is 2. The molecule has 4 nitrogen and oxygen atoms in total. The Labute approximate surface area is 121 Å². The van der Waals surface area contributed by atoms with E-state index in [-0.39, 0.29) is 11.9 Å². The Hall–Kier alpha value is -1.39. The molecule has 0 bridgehead atoms. The fraction of sp³-hybridized carbons (Fsp3) is 0.562. The van der Waals surface area contributed by atoms with E-state index in [0.717, 1.165) is 31.6 Å². The summed E-state index contributed by atoms with van der Waals surface area (Å²) in [5.74, 6) is 0.530. The van der Waals surface area contributed by atoms with Crippen LogP contribution >= 0.6 is 0 Å². The Morgan fingerprint density at radius 3 is 2.95 bits per heavy atom. The zero-order valence-corrected chi connectivity index (χ0v) is 12.6. The van der Waals surface area contributed by atoms with Gasteiger partial charge in [0.25, 0.3) is 5.91 Å². The summed E-state index contributed by atoms with van der Waals surface area (Å²) in [5, 5.41) is 6.52. The molecule has 20 heavy (non-hydrogen) atoms. The predicted octanol–water partition coefficient (Wildman–Crippen LogP) is 1.48. The van der Waals surface area contributed by atoms with Gasteiger partial charge in [0.2, 0.25) is 0 Å². The number of carbonyl (C=O) groups is 1. The molecule has 1 aromatic carbocycles. The van der Waals surface area contributed by atoms with E-state index in [4.69, 9.17) is 0 Å². The fourth-order valence-electron chi connectivity index (χ4n) is 2.66. The number of nitrogens with zero attached hydrogens (tertiary/aromatic N) is 1. The molecule has 1 heterocycles. The zero-order valence-electron chi connectivity index (χ0n) is 12.6. The van der Waals surface area contributed by atoms with Crippen LogP contribution in [0.25, 0.3) is 0 Å². The minimum atomic E-state index is 0.0457. The SMILES string of the molecule is CC1CNCCC1NC(=O)c1cccc(CN(C)C)c1. The van der Waals surface area contributed by atoms with Crippen LogP contribution in [0.4, 0.5) is 0 Å². The normalized spacial score (nSPS) is 22.8. The lowest BCUT2D eigenvalue weighted by Crippen LogP contribution is -2.48. The highest BCUT2D eigenvalue weighted by atomic mass is 16.1. The number of amides is 1. The van der Waals surface area contributed by atoms with Gasteiger partial charge in [-0.1, -0.05) is 19.1 Å². The van der Waals surface area contributed by atoms with Crippen LogP contribution in [0.2, 0.25) is 0 Å². The Morgan fingerprint density at radius 2 is 2.25 bits per heavy atom. The van der Waals surface area contributed by atoms with E-state index in [1.54, 1.807) is 0 Å². The summed E-state index contributed by atoms with van der Waals surface area (Å²) in [4.78, 5) is 14.5. The first-order valence-electron chi connectivity index (χ1n) is 7.31. The molecule has 110 valence electrons. The molecule has 2 atom stereocenters. The number of rotatable bonds is 4. The highest BCUT2D eigenvalue weighted by molar-refractivity contribution is 5.94. The van der Waals surface area contributed by atoms with Gasteiger partial charge < -0.3 is 15.5 Å². The molecule has 1 aromatic rings. The van der Waals surface area contributed by atoms with Crippen molar-refractivity contribution >= 4 is 5.91 Å². The van der Waals surface area contributed by atoms with Crippen molar-refractivity contribution in [2.24, 2.45) is 5.92 Å². The van der Waals surface area contributed by atoms with Crippen LogP contribution in [-0.2, 0) is 6.54 Å². The van der Waals surface area contributed by atoms with E-state index < -0.39 is 0 Å². The number of piperidine rings is 1. The van der Waals surface area contributed by atoms with Crippen molar-refractivity contribution in [1.82, 2.24) is 15.5 Å². The van der Waals surface area contributed by atoms with Gasteiger partial charge in [0.15, 0.2) is 0 Å². The van der Waals surface area contributed by atoms with E-state index in [2.05, 4.69) is 28.5 Å². The van der Waals surface area contributed by atoms with Crippen LogP contribution in [0, 0.1) is 5.92 Å². The summed E-state index contributed by atoms with van der Waals surface area (Å²) >= 11 is 0. The van der Waals surface area contributed by atoms with Gasteiger partial charge in [0, 0.05) is 18.2 Å². The molecule has 0 radical (unpaired) electrons. The molecule has 0 saturated carbocycles. The second kappa shape index (κ2) is 6.86. The Bertz CT molecular complexity index is 459. The second-order valence-corrected chi connectivity index (χ2v) is 5.99. The molecule has 0 aliphatic carbocycles. The van der Waals surface area contributed by atoms with Gasteiger partial charge in [-0.15, -0.1) is 0 Å². The van der Waals surface area contributed by atoms with Crippen LogP contribution in [0.3, 0.4) is 0 Å². The minimum absolute atomic E-state index is 0.0457. The zero-order chi connectivity index (χ0) is 14.5. The van der Waals surface area contributed by atoms with Crippen LogP contribution in [0.5, 0.6) is 0 Å². The Balaban J connectivity index is 2.01. The molecule has 0 aromatic heterocycles. The third kappa shape index (κ3) is 4.05. The quantitative estimate of drug-likeness (QED) is 0.875. The first kappa shape index (κ1) is 15.0. The van der Waals surface area contributed by atoms with Crippen molar-refractivity contribution in [3.05, 3.63) is 35.4 Å². The highest BCUT2D eigenvalue weighted by Gasteiger charge is 2.23. The largest absolute Gasteiger partial charge is 0.349 e. The van der Waals surface area contributed by atoms with Crippen LogP contribution in [0.1, 0.15) is 29.3 Å². The fourth-order valence-corrected chi connectivity index (χ4v) is 2.66. The molecular formula is C16H25N3O. The third-order valence-electron chi connectivity index (χ3n) is 3.79. The maximum Gasteiger partial charge on any atom is 0.251 e. The van der Waals surface area contributed by atoms with Gasteiger partial charge in [0.1, 0.15) is 0 Å². The van der Waals surface area contributed by atoms with E-state index in [1.165, 1.54) is 5.56 Å².